The number of carbonyl (C=O) groups is 1. The first-order valence-electron chi connectivity index (χ1n) is 7.89. The van der Waals surface area contributed by atoms with Crippen LogP contribution in [-0.4, -0.2) is 17.4 Å². The average molecular weight is 332 g/mol. The topological polar surface area (TPSA) is 33.2 Å². The van der Waals surface area contributed by atoms with Crippen LogP contribution in [0.3, 0.4) is 0 Å². The molecule has 0 saturated heterocycles. The molecule has 1 aromatic heterocycles. The highest BCUT2D eigenvalue weighted by Gasteiger charge is 2.34. The van der Waals surface area contributed by atoms with Gasteiger partial charge in [-0.1, -0.05) is 12.1 Å². The SMILES string of the molecule is O=C1Cc2ncc(-c3cccc(C(F)(F)F)c3)cc2N1CC1CC1. The largest absolute Gasteiger partial charge is 0.416 e. The Labute approximate surface area is 137 Å². The van der Waals surface area contributed by atoms with E-state index in [0.717, 1.165) is 30.7 Å². The molecule has 4 rings (SSSR count). The van der Waals surface area contributed by atoms with E-state index in [1.165, 1.54) is 6.07 Å². The number of carbonyl (C=O) groups excluding carboxylic acids is 1. The molecule has 2 aliphatic rings. The van der Waals surface area contributed by atoms with E-state index in [2.05, 4.69) is 4.98 Å². The maximum Gasteiger partial charge on any atom is 0.416 e. The van der Waals surface area contributed by atoms with Gasteiger partial charge in [-0.2, -0.15) is 13.2 Å². The van der Waals surface area contributed by atoms with E-state index in [4.69, 9.17) is 0 Å². The first-order chi connectivity index (χ1) is 11.4. The van der Waals surface area contributed by atoms with E-state index < -0.39 is 11.7 Å². The van der Waals surface area contributed by atoms with E-state index in [1.54, 1.807) is 23.2 Å². The number of halogens is 3. The number of alkyl halides is 3. The van der Waals surface area contributed by atoms with Crippen molar-refractivity contribution in [3.63, 3.8) is 0 Å². The van der Waals surface area contributed by atoms with Crippen LogP contribution in [-0.2, 0) is 17.4 Å². The van der Waals surface area contributed by atoms with Gasteiger partial charge in [-0.15, -0.1) is 0 Å². The summed E-state index contributed by atoms with van der Waals surface area (Å²) in [5.41, 5.74) is 1.80. The van der Waals surface area contributed by atoms with E-state index in [0.29, 0.717) is 29.3 Å². The Kier molecular flexibility index (Phi) is 3.37. The van der Waals surface area contributed by atoms with Crippen LogP contribution in [0.4, 0.5) is 18.9 Å². The fourth-order valence-electron chi connectivity index (χ4n) is 3.02. The number of amides is 1. The van der Waals surface area contributed by atoms with Crippen LogP contribution in [0.25, 0.3) is 11.1 Å². The molecule has 0 unspecified atom stereocenters. The molecule has 2 heterocycles. The molecule has 1 amide bonds. The highest BCUT2D eigenvalue weighted by Crippen LogP contribution is 2.38. The fourth-order valence-corrected chi connectivity index (χ4v) is 3.02. The Hall–Kier alpha value is -2.37. The van der Waals surface area contributed by atoms with E-state index in [9.17, 15) is 18.0 Å². The van der Waals surface area contributed by atoms with Gasteiger partial charge in [-0.05, 0) is 42.5 Å². The third kappa shape index (κ3) is 2.77. The number of hydrogen-bond donors (Lipinski definition) is 0. The number of anilines is 1. The van der Waals surface area contributed by atoms with Gasteiger partial charge in [0.2, 0.25) is 5.91 Å². The molecule has 6 heteroatoms. The van der Waals surface area contributed by atoms with Gasteiger partial charge in [0, 0.05) is 18.3 Å². The highest BCUT2D eigenvalue weighted by molar-refractivity contribution is 6.01. The van der Waals surface area contributed by atoms with Crippen molar-refractivity contribution in [2.75, 3.05) is 11.4 Å². The molecule has 1 aromatic carbocycles. The van der Waals surface area contributed by atoms with Crippen LogP contribution < -0.4 is 4.90 Å². The Morgan fingerprint density at radius 2 is 1.96 bits per heavy atom. The summed E-state index contributed by atoms with van der Waals surface area (Å²) in [6.07, 6.45) is -0.318. The molecular formula is C18H15F3N2O. The molecule has 1 fully saturated rings. The van der Waals surface area contributed by atoms with Crippen molar-refractivity contribution in [3.8, 4) is 11.1 Å². The van der Waals surface area contributed by atoms with E-state index >= 15 is 0 Å². The number of pyridine rings is 1. The van der Waals surface area contributed by atoms with Gasteiger partial charge in [-0.25, -0.2) is 0 Å². The summed E-state index contributed by atoms with van der Waals surface area (Å²) < 4.78 is 38.7. The monoisotopic (exact) mass is 332 g/mol. The van der Waals surface area contributed by atoms with Crippen LogP contribution in [0.2, 0.25) is 0 Å². The molecule has 0 atom stereocenters. The molecule has 0 N–H and O–H groups in total. The molecule has 1 aliphatic heterocycles. The summed E-state index contributed by atoms with van der Waals surface area (Å²) in [5, 5.41) is 0. The average Bonchev–Trinajstić information content (AvgIpc) is 3.31. The van der Waals surface area contributed by atoms with Gasteiger partial charge >= 0.3 is 6.18 Å². The Bertz CT molecular complexity index is 812. The lowest BCUT2D eigenvalue weighted by molar-refractivity contribution is -0.137. The third-order valence-corrected chi connectivity index (χ3v) is 4.52. The number of fused-ring (bicyclic) bond motifs is 1. The molecule has 124 valence electrons. The maximum absolute atomic E-state index is 12.9. The van der Waals surface area contributed by atoms with Crippen molar-refractivity contribution in [3.05, 3.63) is 47.8 Å². The minimum Gasteiger partial charge on any atom is -0.310 e. The molecule has 1 aliphatic carbocycles. The van der Waals surface area contributed by atoms with Crippen molar-refractivity contribution in [1.29, 1.82) is 0 Å². The van der Waals surface area contributed by atoms with Gasteiger partial charge in [0.1, 0.15) is 0 Å². The standard InChI is InChI=1S/C18H15F3N2O/c19-18(20,21)14-3-1-2-12(6-14)13-7-16-15(22-9-13)8-17(24)23(16)10-11-4-5-11/h1-3,6-7,9,11H,4-5,8,10H2. The minimum atomic E-state index is -4.38. The second kappa shape index (κ2) is 5.33. The summed E-state index contributed by atoms with van der Waals surface area (Å²) in [6.45, 7) is 0.680. The predicted octanol–water partition coefficient (Wildman–Crippen LogP) is 4.07. The van der Waals surface area contributed by atoms with Gasteiger partial charge in [0.15, 0.2) is 0 Å². The number of benzene rings is 1. The second-order valence-corrected chi connectivity index (χ2v) is 6.39. The lowest BCUT2D eigenvalue weighted by Gasteiger charge is -2.17. The second-order valence-electron chi connectivity index (χ2n) is 6.39. The first-order valence-corrected chi connectivity index (χ1v) is 7.89. The summed E-state index contributed by atoms with van der Waals surface area (Å²) in [6, 6.07) is 6.96. The number of aromatic nitrogens is 1. The zero-order chi connectivity index (χ0) is 16.9. The van der Waals surface area contributed by atoms with E-state index in [-0.39, 0.29) is 12.3 Å². The third-order valence-electron chi connectivity index (χ3n) is 4.52. The number of hydrogen-bond acceptors (Lipinski definition) is 2. The van der Waals surface area contributed by atoms with Crippen LogP contribution in [0.1, 0.15) is 24.1 Å². The van der Waals surface area contributed by atoms with Gasteiger partial charge in [0.05, 0.1) is 23.4 Å². The molecule has 0 bridgehead atoms. The number of nitrogens with zero attached hydrogens (tertiary/aromatic N) is 2. The lowest BCUT2D eigenvalue weighted by Crippen LogP contribution is -2.28. The molecule has 3 nitrogen and oxygen atoms in total. The maximum atomic E-state index is 12.9. The molecule has 0 spiro atoms. The van der Waals surface area contributed by atoms with Crippen molar-refractivity contribution in [2.24, 2.45) is 5.92 Å². The quantitative estimate of drug-likeness (QED) is 0.849. The van der Waals surface area contributed by atoms with Crippen LogP contribution in [0.15, 0.2) is 36.5 Å². The van der Waals surface area contributed by atoms with Crippen molar-refractivity contribution >= 4 is 11.6 Å². The number of rotatable bonds is 3. The summed E-state index contributed by atoms with van der Waals surface area (Å²) in [5.74, 6) is 0.558. The smallest absolute Gasteiger partial charge is 0.310 e. The molecule has 2 aromatic rings. The van der Waals surface area contributed by atoms with E-state index in [1.807, 2.05) is 0 Å². The van der Waals surface area contributed by atoms with Gasteiger partial charge in [0.25, 0.3) is 0 Å². The molecule has 24 heavy (non-hydrogen) atoms. The van der Waals surface area contributed by atoms with Crippen LogP contribution in [0, 0.1) is 5.92 Å². The van der Waals surface area contributed by atoms with Gasteiger partial charge in [-0.3, -0.25) is 9.78 Å². The van der Waals surface area contributed by atoms with Crippen molar-refractivity contribution in [2.45, 2.75) is 25.4 Å². The summed E-state index contributed by atoms with van der Waals surface area (Å²) >= 11 is 0. The highest BCUT2D eigenvalue weighted by atomic mass is 19.4. The van der Waals surface area contributed by atoms with Crippen LogP contribution in [0.5, 0.6) is 0 Å². The normalized spacial score (nSPS) is 17.3. The molecular weight excluding hydrogens is 317 g/mol. The van der Waals surface area contributed by atoms with Crippen molar-refractivity contribution < 1.29 is 18.0 Å². The molecule has 0 radical (unpaired) electrons. The minimum absolute atomic E-state index is 0.0191. The Morgan fingerprint density at radius 1 is 1.17 bits per heavy atom. The zero-order valence-electron chi connectivity index (χ0n) is 12.8. The summed E-state index contributed by atoms with van der Waals surface area (Å²) in [7, 11) is 0. The summed E-state index contributed by atoms with van der Waals surface area (Å²) in [4.78, 5) is 18.2. The van der Waals surface area contributed by atoms with Gasteiger partial charge < -0.3 is 4.90 Å². The zero-order valence-corrected chi connectivity index (χ0v) is 12.8. The fraction of sp³-hybridized carbons (Fsp3) is 0.333. The Morgan fingerprint density at radius 3 is 2.67 bits per heavy atom. The first kappa shape index (κ1) is 15.2. The lowest BCUT2D eigenvalue weighted by atomic mass is 10.0. The van der Waals surface area contributed by atoms with Crippen molar-refractivity contribution in [1.82, 2.24) is 4.98 Å². The Balaban J connectivity index is 1.71. The van der Waals surface area contributed by atoms with Crippen LogP contribution >= 0.6 is 0 Å². The molecule has 1 saturated carbocycles. The predicted molar refractivity (Wildman–Crippen MR) is 83.5 cm³/mol.